The molecule has 0 aliphatic carbocycles. The van der Waals surface area contributed by atoms with Gasteiger partial charge in [-0.15, -0.1) is 0 Å². The molecule has 0 aromatic heterocycles. The van der Waals surface area contributed by atoms with Gasteiger partial charge in [-0.2, -0.15) is 4.31 Å². The molecule has 1 amide bonds. The zero-order valence-corrected chi connectivity index (χ0v) is 17.5. The molecule has 0 unspecified atom stereocenters. The van der Waals surface area contributed by atoms with Gasteiger partial charge in [0.25, 0.3) is 0 Å². The van der Waals surface area contributed by atoms with Crippen LogP contribution in [-0.4, -0.2) is 88.5 Å². The minimum Gasteiger partial charge on any atom is -0.493 e. The van der Waals surface area contributed by atoms with Crippen LogP contribution < -0.4 is 9.47 Å². The number of ether oxygens (including phenoxy) is 2. The fourth-order valence-electron chi connectivity index (χ4n) is 2.84. The van der Waals surface area contributed by atoms with E-state index in [-0.39, 0.29) is 16.8 Å². The largest absolute Gasteiger partial charge is 0.493 e. The molecule has 0 radical (unpaired) electrons. The van der Waals surface area contributed by atoms with Gasteiger partial charge in [0, 0.05) is 45.3 Å². The topological polar surface area (TPSA) is 79.4 Å². The lowest BCUT2D eigenvalue weighted by molar-refractivity contribution is -0.132. The second-order valence-corrected chi connectivity index (χ2v) is 8.73. The number of sulfonamides is 1. The highest BCUT2D eigenvalue weighted by molar-refractivity contribution is 7.89. The number of nitrogens with zero attached hydrogens (tertiary/aromatic N) is 3. The van der Waals surface area contributed by atoms with Crippen LogP contribution in [0.3, 0.4) is 0 Å². The Morgan fingerprint density at radius 1 is 1.11 bits per heavy atom. The summed E-state index contributed by atoms with van der Waals surface area (Å²) in [5.74, 6) is 0.898. The summed E-state index contributed by atoms with van der Waals surface area (Å²) in [6.07, 6.45) is 0. The summed E-state index contributed by atoms with van der Waals surface area (Å²) in [4.78, 5) is 16.1. The number of likely N-dealkylation sites (N-methyl/N-ethyl adjacent to an activating group) is 1. The first-order chi connectivity index (χ1) is 12.7. The van der Waals surface area contributed by atoms with E-state index >= 15 is 0 Å². The van der Waals surface area contributed by atoms with Crippen molar-refractivity contribution < 1.29 is 22.7 Å². The quantitative estimate of drug-likeness (QED) is 0.677. The Kier molecular flexibility index (Phi) is 7.07. The molecule has 8 nitrogen and oxygen atoms in total. The molecular formula is C18H29N3O5S. The molecule has 1 aromatic rings. The predicted octanol–water partition coefficient (Wildman–Crippen LogP) is 0.877. The average Bonchev–Trinajstić information content (AvgIpc) is 2.66. The van der Waals surface area contributed by atoms with Crippen LogP contribution in [0.5, 0.6) is 11.5 Å². The molecule has 1 heterocycles. The van der Waals surface area contributed by atoms with Gasteiger partial charge < -0.3 is 14.4 Å². The van der Waals surface area contributed by atoms with Gasteiger partial charge in [0.15, 0.2) is 11.5 Å². The normalized spacial score (nSPS) is 16.4. The van der Waals surface area contributed by atoms with Gasteiger partial charge >= 0.3 is 0 Å². The van der Waals surface area contributed by atoms with Gasteiger partial charge in [0.2, 0.25) is 15.9 Å². The summed E-state index contributed by atoms with van der Waals surface area (Å²) in [6.45, 7) is 5.95. The van der Waals surface area contributed by atoms with Crippen LogP contribution in [-0.2, 0) is 14.8 Å². The van der Waals surface area contributed by atoms with Crippen molar-refractivity contribution in [2.45, 2.75) is 24.8 Å². The number of piperazine rings is 1. The molecule has 1 aliphatic heterocycles. The molecule has 1 fully saturated rings. The Hall–Kier alpha value is -1.84. The van der Waals surface area contributed by atoms with Crippen molar-refractivity contribution in [3.63, 3.8) is 0 Å². The molecule has 27 heavy (non-hydrogen) atoms. The third-order valence-corrected chi connectivity index (χ3v) is 6.75. The predicted molar refractivity (Wildman–Crippen MR) is 103 cm³/mol. The second-order valence-electron chi connectivity index (χ2n) is 6.80. The first-order valence-electron chi connectivity index (χ1n) is 8.91. The molecule has 152 valence electrons. The first-order valence-corrected chi connectivity index (χ1v) is 10.3. The summed E-state index contributed by atoms with van der Waals surface area (Å²) in [7, 11) is 1.13. The van der Waals surface area contributed by atoms with E-state index in [0.29, 0.717) is 44.2 Å². The number of methoxy groups -OCH3 is 2. The minimum absolute atomic E-state index is 0.0428. The summed E-state index contributed by atoms with van der Waals surface area (Å²) >= 11 is 0. The number of carbonyl (C=O) groups is 1. The highest BCUT2D eigenvalue weighted by Gasteiger charge is 2.30. The SMILES string of the molecule is COc1ccc(S(=O)(=O)N2CCN(CC(=O)N(C)C(C)C)CC2)cc1OC. The number of rotatable bonds is 7. The van der Waals surface area contributed by atoms with Crippen LogP contribution in [0.4, 0.5) is 0 Å². The molecule has 0 saturated carbocycles. The summed E-state index contributed by atoms with van der Waals surface area (Å²) in [5.41, 5.74) is 0. The lowest BCUT2D eigenvalue weighted by Gasteiger charge is -2.34. The van der Waals surface area contributed by atoms with Gasteiger partial charge in [-0.1, -0.05) is 0 Å². The molecule has 0 N–H and O–H groups in total. The van der Waals surface area contributed by atoms with Crippen molar-refractivity contribution in [2.24, 2.45) is 0 Å². The zero-order chi connectivity index (χ0) is 20.2. The first kappa shape index (κ1) is 21.5. The molecule has 1 saturated heterocycles. The molecule has 0 bridgehead atoms. The maximum atomic E-state index is 12.9. The Labute approximate surface area is 161 Å². The number of amides is 1. The van der Waals surface area contributed by atoms with Gasteiger partial charge in [-0.25, -0.2) is 8.42 Å². The van der Waals surface area contributed by atoms with Crippen molar-refractivity contribution in [1.29, 1.82) is 0 Å². The van der Waals surface area contributed by atoms with E-state index in [4.69, 9.17) is 9.47 Å². The van der Waals surface area contributed by atoms with E-state index in [2.05, 4.69) is 0 Å². The summed E-state index contributed by atoms with van der Waals surface area (Å²) in [6, 6.07) is 4.72. The highest BCUT2D eigenvalue weighted by atomic mass is 32.2. The summed E-state index contributed by atoms with van der Waals surface area (Å²) < 4.78 is 37.6. The Balaban J connectivity index is 2.03. The number of carbonyl (C=O) groups excluding carboxylic acids is 1. The fraction of sp³-hybridized carbons (Fsp3) is 0.611. The third-order valence-electron chi connectivity index (χ3n) is 4.85. The average molecular weight is 400 g/mol. The molecule has 0 atom stereocenters. The smallest absolute Gasteiger partial charge is 0.243 e. The van der Waals surface area contributed by atoms with Crippen LogP contribution >= 0.6 is 0 Å². The Morgan fingerprint density at radius 2 is 1.70 bits per heavy atom. The van der Waals surface area contributed by atoms with Crippen LogP contribution in [0.2, 0.25) is 0 Å². The number of benzene rings is 1. The third kappa shape index (κ3) is 4.91. The highest BCUT2D eigenvalue weighted by Crippen LogP contribution is 2.30. The van der Waals surface area contributed by atoms with Gasteiger partial charge in [0.1, 0.15) is 0 Å². The maximum Gasteiger partial charge on any atom is 0.243 e. The summed E-state index contributed by atoms with van der Waals surface area (Å²) in [5, 5.41) is 0. The van der Waals surface area contributed by atoms with E-state index in [1.165, 1.54) is 30.7 Å². The van der Waals surface area contributed by atoms with E-state index in [9.17, 15) is 13.2 Å². The standard InChI is InChI=1S/C18H29N3O5S/c1-14(2)19(3)18(22)13-20-8-10-21(11-9-20)27(23,24)15-6-7-16(25-4)17(12-15)26-5/h6-7,12,14H,8-11,13H2,1-5H3. The van der Waals surface area contributed by atoms with Gasteiger partial charge in [-0.05, 0) is 26.0 Å². The van der Waals surface area contributed by atoms with Crippen LogP contribution in [0.25, 0.3) is 0 Å². The van der Waals surface area contributed by atoms with E-state index in [0.717, 1.165) is 0 Å². The van der Waals surface area contributed by atoms with Crippen molar-refractivity contribution in [3.05, 3.63) is 18.2 Å². The van der Waals surface area contributed by atoms with Crippen molar-refractivity contribution in [1.82, 2.24) is 14.1 Å². The molecule has 1 aliphatic rings. The minimum atomic E-state index is -3.63. The Bertz CT molecular complexity index is 758. The number of hydrogen-bond donors (Lipinski definition) is 0. The molecular weight excluding hydrogens is 370 g/mol. The van der Waals surface area contributed by atoms with Gasteiger partial charge in [0.05, 0.1) is 25.7 Å². The van der Waals surface area contributed by atoms with Gasteiger partial charge in [-0.3, -0.25) is 9.69 Å². The van der Waals surface area contributed by atoms with Crippen molar-refractivity contribution in [2.75, 3.05) is 54.0 Å². The van der Waals surface area contributed by atoms with Crippen LogP contribution in [0, 0.1) is 0 Å². The molecule has 1 aromatic carbocycles. The van der Waals surface area contributed by atoms with Crippen LogP contribution in [0.15, 0.2) is 23.1 Å². The molecule has 9 heteroatoms. The second kappa shape index (κ2) is 8.90. The monoisotopic (exact) mass is 399 g/mol. The molecule has 0 spiro atoms. The maximum absolute atomic E-state index is 12.9. The number of hydrogen-bond acceptors (Lipinski definition) is 6. The molecule has 2 rings (SSSR count). The zero-order valence-electron chi connectivity index (χ0n) is 16.6. The van der Waals surface area contributed by atoms with E-state index < -0.39 is 10.0 Å². The lowest BCUT2D eigenvalue weighted by Crippen LogP contribution is -2.51. The van der Waals surface area contributed by atoms with Crippen molar-refractivity contribution >= 4 is 15.9 Å². The Morgan fingerprint density at radius 3 is 2.22 bits per heavy atom. The fourth-order valence-corrected chi connectivity index (χ4v) is 4.28. The van der Waals surface area contributed by atoms with Crippen LogP contribution in [0.1, 0.15) is 13.8 Å². The van der Waals surface area contributed by atoms with E-state index in [1.807, 2.05) is 18.7 Å². The lowest BCUT2D eigenvalue weighted by atomic mass is 10.3. The van der Waals surface area contributed by atoms with Crippen molar-refractivity contribution in [3.8, 4) is 11.5 Å². The van der Waals surface area contributed by atoms with E-state index in [1.54, 1.807) is 18.0 Å².